The third kappa shape index (κ3) is 2.44. The molecule has 0 saturated heterocycles. The van der Waals surface area contributed by atoms with Crippen molar-refractivity contribution in [3.63, 3.8) is 0 Å². The van der Waals surface area contributed by atoms with Crippen molar-refractivity contribution in [2.45, 2.75) is 13.3 Å². The van der Waals surface area contributed by atoms with Crippen molar-refractivity contribution in [3.8, 4) is 0 Å². The molecule has 0 atom stereocenters. The Labute approximate surface area is 78.1 Å². The number of nitrogens with two attached hydrogens (primary N) is 1. The number of hydrogen-bond acceptors (Lipinski definition) is 1. The lowest BCUT2D eigenvalue weighted by Gasteiger charge is -2.01. The molecule has 0 aliphatic heterocycles. The van der Waals surface area contributed by atoms with E-state index in [1.54, 1.807) is 0 Å². The smallest absolute Gasteiger partial charge is 0.248 e. The minimum Gasteiger partial charge on any atom is -0.366 e. The van der Waals surface area contributed by atoms with Crippen LogP contribution in [0.2, 0.25) is 0 Å². The molecule has 1 amide bonds. The normalized spacial score (nSPS) is 11.3. The zero-order valence-corrected chi connectivity index (χ0v) is 7.66. The molecule has 2 heteroatoms. The minimum atomic E-state index is -0.368. The molecule has 0 bridgehead atoms. The number of rotatable bonds is 3. The first-order valence-electron chi connectivity index (χ1n) is 4.31. The van der Waals surface area contributed by atoms with Crippen LogP contribution in [0.1, 0.15) is 18.9 Å². The summed E-state index contributed by atoms with van der Waals surface area (Å²) in [6, 6.07) is 9.45. The number of amides is 1. The van der Waals surface area contributed by atoms with E-state index in [1.165, 1.54) is 0 Å². The van der Waals surface area contributed by atoms with E-state index in [2.05, 4.69) is 0 Å². The van der Waals surface area contributed by atoms with Gasteiger partial charge in [-0.2, -0.15) is 0 Å². The van der Waals surface area contributed by atoms with Crippen molar-refractivity contribution in [2.75, 3.05) is 0 Å². The second-order valence-corrected chi connectivity index (χ2v) is 2.76. The molecule has 0 fully saturated rings. The summed E-state index contributed by atoms with van der Waals surface area (Å²) in [5.41, 5.74) is 6.73. The molecule has 0 radical (unpaired) electrons. The summed E-state index contributed by atoms with van der Waals surface area (Å²) in [5.74, 6) is -0.368. The fourth-order valence-electron chi connectivity index (χ4n) is 1.18. The number of hydrogen-bond donors (Lipinski definition) is 1. The molecule has 68 valence electrons. The van der Waals surface area contributed by atoms with Gasteiger partial charge in [0.25, 0.3) is 0 Å². The lowest BCUT2D eigenvalue weighted by molar-refractivity contribution is -0.112. The number of primary amides is 1. The third-order valence-corrected chi connectivity index (χ3v) is 1.76. The van der Waals surface area contributed by atoms with E-state index in [4.69, 9.17) is 5.73 Å². The molecule has 0 heterocycles. The molecule has 2 N–H and O–H groups in total. The first-order valence-corrected chi connectivity index (χ1v) is 4.31. The van der Waals surface area contributed by atoms with Crippen molar-refractivity contribution >= 4 is 11.5 Å². The molecule has 1 aromatic rings. The zero-order chi connectivity index (χ0) is 9.68. The topological polar surface area (TPSA) is 43.1 Å². The van der Waals surface area contributed by atoms with Gasteiger partial charge in [0.15, 0.2) is 0 Å². The van der Waals surface area contributed by atoms with Gasteiger partial charge in [-0.15, -0.1) is 0 Å². The maximum atomic E-state index is 11.0. The van der Waals surface area contributed by atoms with Crippen LogP contribution in [0.5, 0.6) is 0 Å². The minimum absolute atomic E-state index is 0.368. The van der Waals surface area contributed by atoms with Crippen molar-refractivity contribution in [1.82, 2.24) is 0 Å². The Morgan fingerprint density at radius 1 is 1.38 bits per heavy atom. The van der Waals surface area contributed by atoms with E-state index in [9.17, 15) is 4.79 Å². The molecule has 0 unspecified atom stereocenters. The second-order valence-electron chi connectivity index (χ2n) is 2.76. The highest BCUT2D eigenvalue weighted by atomic mass is 16.1. The van der Waals surface area contributed by atoms with Gasteiger partial charge in [0.05, 0.1) is 0 Å². The van der Waals surface area contributed by atoms with Gasteiger partial charge in [-0.25, -0.2) is 0 Å². The second kappa shape index (κ2) is 4.45. The largest absolute Gasteiger partial charge is 0.366 e. The van der Waals surface area contributed by atoms with E-state index in [0.717, 1.165) is 12.0 Å². The van der Waals surface area contributed by atoms with Gasteiger partial charge in [-0.05, 0) is 12.0 Å². The summed E-state index contributed by atoms with van der Waals surface area (Å²) in [4.78, 5) is 11.0. The van der Waals surface area contributed by atoms with Crippen molar-refractivity contribution in [2.24, 2.45) is 5.73 Å². The summed E-state index contributed by atoms with van der Waals surface area (Å²) in [6.07, 6.45) is 2.66. The number of benzene rings is 1. The standard InChI is InChI=1S/C11H13NO/c1-2-6-10(11(12)13)9-7-4-3-5-8-9/h3-8H,2H2,1H3,(H2,12,13)/b10-6-. The van der Waals surface area contributed by atoms with Gasteiger partial charge < -0.3 is 5.73 Å². The van der Waals surface area contributed by atoms with Crippen LogP contribution < -0.4 is 5.73 Å². The molecule has 0 aromatic heterocycles. The maximum absolute atomic E-state index is 11.0. The van der Waals surface area contributed by atoms with Crippen LogP contribution in [0.25, 0.3) is 5.57 Å². The van der Waals surface area contributed by atoms with Gasteiger partial charge in [0, 0.05) is 5.57 Å². The number of allylic oxidation sites excluding steroid dienone is 1. The SMILES string of the molecule is CC/C=C(\C(N)=O)c1ccccc1. The average Bonchev–Trinajstić information content (AvgIpc) is 2.15. The van der Waals surface area contributed by atoms with Crippen LogP contribution in [0.15, 0.2) is 36.4 Å². The third-order valence-electron chi connectivity index (χ3n) is 1.76. The zero-order valence-electron chi connectivity index (χ0n) is 7.66. The molecular formula is C11H13NO. The van der Waals surface area contributed by atoms with Crippen LogP contribution >= 0.6 is 0 Å². The van der Waals surface area contributed by atoms with E-state index < -0.39 is 0 Å². The van der Waals surface area contributed by atoms with Crippen molar-refractivity contribution in [3.05, 3.63) is 42.0 Å². The Morgan fingerprint density at radius 3 is 2.46 bits per heavy atom. The van der Waals surface area contributed by atoms with E-state index in [1.807, 2.05) is 43.3 Å². The molecule has 2 nitrogen and oxygen atoms in total. The first kappa shape index (κ1) is 9.52. The highest BCUT2D eigenvalue weighted by molar-refractivity contribution is 6.18. The Bertz CT molecular complexity index is 314. The number of carbonyl (C=O) groups excluding carboxylic acids is 1. The Hall–Kier alpha value is -1.57. The molecule has 0 aliphatic rings. The summed E-state index contributed by atoms with van der Waals surface area (Å²) >= 11 is 0. The molecule has 13 heavy (non-hydrogen) atoms. The molecular weight excluding hydrogens is 162 g/mol. The van der Waals surface area contributed by atoms with Crippen LogP contribution in [0.4, 0.5) is 0 Å². The number of carbonyl (C=O) groups is 1. The predicted molar refractivity (Wildman–Crippen MR) is 53.9 cm³/mol. The molecule has 1 aromatic carbocycles. The quantitative estimate of drug-likeness (QED) is 0.701. The van der Waals surface area contributed by atoms with Gasteiger partial charge in [-0.3, -0.25) is 4.79 Å². The molecule has 1 rings (SSSR count). The average molecular weight is 175 g/mol. The van der Waals surface area contributed by atoms with Gasteiger partial charge in [0.1, 0.15) is 0 Å². The van der Waals surface area contributed by atoms with Gasteiger partial charge >= 0.3 is 0 Å². The maximum Gasteiger partial charge on any atom is 0.248 e. The monoisotopic (exact) mass is 175 g/mol. The highest BCUT2D eigenvalue weighted by Crippen LogP contribution is 2.13. The highest BCUT2D eigenvalue weighted by Gasteiger charge is 2.05. The molecule has 0 spiro atoms. The van der Waals surface area contributed by atoms with Crippen LogP contribution in [-0.4, -0.2) is 5.91 Å². The fourth-order valence-corrected chi connectivity index (χ4v) is 1.18. The van der Waals surface area contributed by atoms with E-state index in [-0.39, 0.29) is 5.91 Å². The summed E-state index contributed by atoms with van der Waals surface area (Å²) in [6.45, 7) is 1.98. The summed E-state index contributed by atoms with van der Waals surface area (Å²) < 4.78 is 0. The molecule has 0 saturated carbocycles. The fraction of sp³-hybridized carbons (Fsp3) is 0.182. The van der Waals surface area contributed by atoms with Crippen LogP contribution in [0.3, 0.4) is 0 Å². The Kier molecular flexibility index (Phi) is 3.26. The van der Waals surface area contributed by atoms with E-state index in [0.29, 0.717) is 5.57 Å². The lowest BCUT2D eigenvalue weighted by Crippen LogP contribution is -2.12. The van der Waals surface area contributed by atoms with Crippen LogP contribution in [0, 0.1) is 0 Å². The Morgan fingerprint density at radius 2 is 2.00 bits per heavy atom. The van der Waals surface area contributed by atoms with Crippen LogP contribution in [-0.2, 0) is 4.79 Å². The van der Waals surface area contributed by atoms with Crippen molar-refractivity contribution in [1.29, 1.82) is 0 Å². The van der Waals surface area contributed by atoms with Crippen molar-refractivity contribution < 1.29 is 4.79 Å². The molecule has 0 aliphatic carbocycles. The first-order chi connectivity index (χ1) is 6.25. The lowest BCUT2D eigenvalue weighted by atomic mass is 10.0. The summed E-state index contributed by atoms with van der Waals surface area (Å²) in [7, 11) is 0. The predicted octanol–water partition coefficient (Wildman–Crippen LogP) is 1.97. The van der Waals surface area contributed by atoms with E-state index >= 15 is 0 Å². The summed E-state index contributed by atoms with van der Waals surface area (Å²) in [5, 5.41) is 0. The van der Waals surface area contributed by atoms with Gasteiger partial charge in [-0.1, -0.05) is 43.3 Å². The van der Waals surface area contributed by atoms with Gasteiger partial charge in [0.2, 0.25) is 5.91 Å². The Balaban J connectivity index is 3.03.